The molecule has 1 atom stereocenters. The first-order valence-corrected chi connectivity index (χ1v) is 11.1. The van der Waals surface area contributed by atoms with Crippen LogP contribution in [-0.2, 0) is 6.18 Å². The predicted molar refractivity (Wildman–Crippen MR) is 121 cm³/mol. The van der Waals surface area contributed by atoms with Crippen molar-refractivity contribution in [2.45, 2.75) is 25.3 Å². The number of nitrogens with one attached hydrogen (secondary N) is 2. The van der Waals surface area contributed by atoms with Gasteiger partial charge < -0.3 is 10.6 Å². The molecule has 10 nitrogen and oxygen atoms in total. The molecule has 2 N–H and O–H groups in total. The van der Waals surface area contributed by atoms with Crippen LogP contribution < -0.4 is 10.6 Å². The highest BCUT2D eigenvalue weighted by molar-refractivity contribution is 7.18. The van der Waals surface area contributed by atoms with E-state index in [1.165, 1.54) is 14.1 Å². The molecule has 196 valence electrons. The lowest BCUT2D eigenvalue weighted by Crippen LogP contribution is -2.34. The monoisotopic (exact) mass is 545 g/mol. The lowest BCUT2D eigenvalue weighted by Gasteiger charge is -2.28. The van der Waals surface area contributed by atoms with Crippen LogP contribution in [0.3, 0.4) is 0 Å². The number of halogens is 6. The van der Waals surface area contributed by atoms with Gasteiger partial charge in [-0.25, -0.2) is 19.7 Å². The Kier molecular flexibility index (Phi) is 6.76. The minimum absolute atomic E-state index is 0.0478. The number of carbonyl (C=O) groups excluding carboxylic acids is 1. The van der Waals surface area contributed by atoms with Crippen molar-refractivity contribution in [3.63, 3.8) is 0 Å². The number of aromatic nitrogens is 6. The largest absolute Gasteiger partial charge is 0.420 e. The van der Waals surface area contributed by atoms with Gasteiger partial charge in [-0.15, -0.1) is 4.80 Å². The predicted octanol–water partition coefficient (Wildman–Crippen LogP) is 4.80. The van der Waals surface area contributed by atoms with Crippen molar-refractivity contribution in [2.24, 2.45) is 0 Å². The van der Waals surface area contributed by atoms with E-state index in [4.69, 9.17) is 0 Å². The van der Waals surface area contributed by atoms with E-state index in [1.807, 2.05) is 0 Å². The zero-order valence-electron chi connectivity index (χ0n) is 19.2. The number of thiazole rings is 1. The number of rotatable bonds is 5. The summed E-state index contributed by atoms with van der Waals surface area (Å²) >= 11 is 1.08. The molecule has 0 aliphatic carbocycles. The normalized spacial score (nSPS) is 13.2. The van der Waals surface area contributed by atoms with E-state index in [9.17, 15) is 31.1 Å². The number of nitrogens with zero attached hydrogens (tertiary/aromatic N) is 7. The molecule has 0 bridgehead atoms. The van der Waals surface area contributed by atoms with Crippen molar-refractivity contribution >= 4 is 39.1 Å². The van der Waals surface area contributed by atoms with E-state index >= 15 is 0 Å². The van der Waals surface area contributed by atoms with Crippen molar-refractivity contribution in [1.82, 2.24) is 34.8 Å². The number of alkyl halides is 6. The summed E-state index contributed by atoms with van der Waals surface area (Å²) in [6, 6.07) is -2.67. The minimum atomic E-state index is -4.87. The average Bonchev–Trinajstić information content (AvgIpc) is 3.43. The number of hydrogen-bond acceptors (Lipinski definition) is 8. The maximum Gasteiger partial charge on any atom is 0.420 e. The van der Waals surface area contributed by atoms with Crippen LogP contribution in [0.2, 0.25) is 0 Å². The molecule has 0 radical (unpaired) electrons. The summed E-state index contributed by atoms with van der Waals surface area (Å²) in [5, 5.41) is 12.1. The highest BCUT2D eigenvalue weighted by Crippen LogP contribution is 2.43. The second-order valence-corrected chi connectivity index (χ2v) is 9.05. The first-order chi connectivity index (χ1) is 17.3. The molecule has 4 rings (SSSR count). The molecule has 1 unspecified atom stereocenters. The Morgan fingerprint density at radius 3 is 2.32 bits per heavy atom. The molecule has 4 heterocycles. The summed E-state index contributed by atoms with van der Waals surface area (Å²) in [6.45, 7) is 1.60. The van der Waals surface area contributed by atoms with Crippen LogP contribution >= 0.6 is 11.3 Å². The van der Waals surface area contributed by atoms with E-state index in [2.05, 4.69) is 35.8 Å². The standard InChI is InChI=1S/C20H17F6N9OS/c1-9-31-14-13(15(34(2)3)20(24,25)26)12(8-28-17(14)37-9)33-18(36)32-10-6-11(19(21,22)23)16(27-7-10)35-29-4-5-30-35/h4-8,15H,1-3H3,(H2,32,33,36). The average molecular weight is 545 g/mol. The van der Waals surface area contributed by atoms with Gasteiger partial charge in [0.2, 0.25) is 0 Å². The third-order valence-corrected chi connectivity index (χ3v) is 5.84. The van der Waals surface area contributed by atoms with Gasteiger partial charge in [-0.3, -0.25) is 4.90 Å². The van der Waals surface area contributed by atoms with Gasteiger partial charge in [-0.1, -0.05) is 11.3 Å². The van der Waals surface area contributed by atoms with Gasteiger partial charge in [0.25, 0.3) is 0 Å². The van der Waals surface area contributed by atoms with Crippen LogP contribution in [-0.4, -0.2) is 61.1 Å². The molecule has 0 aromatic carbocycles. The zero-order valence-corrected chi connectivity index (χ0v) is 20.0. The number of fused-ring (bicyclic) bond motifs is 1. The number of amides is 2. The molecule has 37 heavy (non-hydrogen) atoms. The molecule has 0 aliphatic heterocycles. The molecule has 17 heteroatoms. The number of carbonyl (C=O) groups is 1. The van der Waals surface area contributed by atoms with Gasteiger partial charge in [0.1, 0.15) is 22.0 Å². The minimum Gasteiger partial charge on any atom is -0.306 e. The summed E-state index contributed by atoms with van der Waals surface area (Å²) in [4.78, 5) is 26.4. The lowest BCUT2D eigenvalue weighted by atomic mass is 10.0. The third-order valence-electron chi connectivity index (χ3n) is 4.96. The molecule has 0 saturated heterocycles. The first-order valence-electron chi connectivity index (χ1n) is 10.3. The summed E-state index contributed by atoms with van der Waals surface area (Å²) in [5.74, 6) is -0.627. The Bertz CT molecular complexity index is 1430. The molecule has 0 fully saturated rings. The van der Waals surface area contributed by atoms with Crippen LogP contribution in [0.5, 0.6) is 0 Å². The summed E-state index contributed by atoms with van der Waals surface area (Å²) < 4.78 is 82.9. The van der Waals surface area contributed by atoms with Crippen LogP contribution in [0, 0.1) is 6.92 Å². The summed E-state index contributed by atoms with van der Waals surface area (Å²) in [7, 11) is 2.43. The van der Waals surface area contributed by atoms with Crippen molar-refractivity contribution < 1.29 is 31.1 Å². The summed E-state index contributed by atoms with van der Waals surface area (Å²) in [6.07, 6.45) is -5.32. The van der Waals surface area contributed by atoms with E-state index in [0.29, 0.717) is 15.9 Å². The smallest absolute Gasteiger partial charge is 0.306 e. The van der Waals surface area contributed by atoms with Gasteiger partial charge in [0, 0.05) is 5.56 Å². The van der Waals surface area contributed by atoms with E-state index in [1.54, 1.807) is 6.92 Å². The molecule has 4 aromatic heterocycles. The fraction of sp³-hybridized carbons (Fsp3) is 0.300. The second kappa shape index (κ2) is 9.55. The number of anilines is 2. The molecular formula is C20H17F6N9OS. The van der Waals surface area contributed by atoms with Gasteiger partial charge in [-0.05, 0) is 27.1 Å². The van der Waals surface area contributed by atoms with E-state index in [0.717, 1.165) is 41.0 Å². The van der Waals surface area contributed by atoms with E-state index < -0.39 is 35.8 Å². The maximum atomic E-state index is 14.0. The quantitative estimate of drug-likeness (QED) is 0.346. The van der Waals surface area contributed by atoms with Gasteiger partial charge in [0.15, 0.2) is 5.82 Å². The fourth-order valence-electron chi connectivity index (χ4n) is 3.59. The Labute approximate surface area is 208 Å². The van der Waals surface area contributed by atoms with Crippen LogP contribution in [0.1, 0.15) is 22.2 Å². The molecule has 0 spiro atoms. The maximum absolute atomic E-state index is 14.0. The van der Waals surface area contributed by atoms with Crippen molar-refractivity contribution in [3.05, 3.63) is 47.0 Å². The Morgan fingerprint density at radius 1 is 1.05 bits per heavy atom. The second-order valence-electron chi connectivity index (χ2n) is 7.87. The van der Waals surface area contributed by atoms with Crippen molar-refractivity contribution in [2.75, 3.05) is 24.7 Å². The molecule has 2 amide bonds. The third kappa shape index (κ3) is 5.46. The van der Waals surface area contributed by atoms with Crippen LogP contribution in [0.25, 0.3) is 16.2 Å². The molecule has 0 saturated carbocycles. The number of urea groups is 1. The zero-order chi connectivity index (χ0) is 27.1. The van der Waals surface area contributed by atoms with E-state index in [-0.39, 0.29) is 27.3 Å². The summed E-state index contributed by atoms with van der Waals surface area (Å²) in [5.41, 5.74) is -2.33. The number of pyridine rings is 2. The van der Waals surface area contributed by atoms with Crippen LogP contribution in [0.15, 0.2) is 30.9 Å². The molecule has 0 aliphatic rings. The van der Waals surface area contributed by atoms with Gasteiger partial charge in [0.05, 0.1) is 41.2 Å². The van der Waals surface area contributed by atoms with Gasteiger partial charge in [-0.2, -0.15) is 36.5 Å². The Balaban J connectivity index is 1.70. The highest BCUT2D eigenvalue weighted by Gasteiger charge is 2.45. The SMILES string of the molecule is Cc1nc2c(C(N(C)C)C(F)(F)F)c(NC(=O)Nc3cnc(-n4nccn4)c(C(F)(F)F)c3)cnc2s1. The number of aryl methyl sites for hydroxylation is 1. The number of hydrogen-bond donors (Lipinski definition) is 2. The molecule has 4 aromatic rings. The first kappa shape index (κ1) is 26.2. The van der Waals surface area contributed by atoms with Crippen LogP contribution in [0.4, 0.5) is 42.5 Å². The fourth-order valence-corrected chi connectivity index (χ4v) is 4.37. The van der Waals surface area contributed by atoms with Crippen molar-refractivity contribution in [3.8, 4) is 5.82 Å². The Hall–Kier alpha value is -3.86. The Morgan fingerprint density at radius 2 is 1.73 bits per heavy atom. The molecular weight excluding hydrogens is 528 g/mol. The van der Waals surface area contributed by atoms with Crippen molar-refractivity contribution in [1.29, 1.82) is 0 Å². The highest BCUT2D eigenvalue weighted by atomic mass is 32.1. The van der Waals surface area contributed by atoms with Gasteiger partial charge >= 0.3 is 18.4 Å². The lowest BCUT2D eigenvalue weighted by molar-refractivity contribution is -0.179. The topological polar surface area (TPSA) is 114 Å².